The van der Waals surface area contributed by atoms with E-state index in [9.17, 15) is 23.2 Å². The van der Waals surface area contributed by atoms with Crippen LogP contribution in [0.15, 0.2) is 18.2 Å². The number of benzene rings is 1. The maximum absolute atomic E-state index is 13.4. The Morgan fingerprint density at radius 2 is 1.88 bits per heavy atom. The average molecular weight is 365 g/mol. The van der Waals surface area contributed by atoms with Gasteiger partial charge >= 0.3 is 0 Å². The molecule has 6 nitrogen and oxygen atoms in total. The molecular formula is C18H21F2N3O3. The first-order valence-electron chi connectivity index (χ1n) is 8.68. The van der Waals surface area contributed by atoms with E-state index in [0.29, 0.717) is 6.07 Å². The molecule has 0 saturated carbocycles. The third kappa shape index (κ3) is 3.27. The molecule has 0 aromatic heterocycles. The van der Waals surface area contributed by atoms with Crippen molar-refractivity contribution >= 4 is 17.7 Å². The molecule has 0 bridgehead atoms. The highest BCUT2D eigenvalue weighted by Gasteiger charge is 2.45. The summed E-state index contributed by atoms with van der Waals surface area (Å²) in [5, 5.41) is 2.75. The second-order valence-corrected chi connectivity index (χ2v) is 6.83. The zero-order chi connectivity index (χ0) is 19.0. The largest absolute Gasteiger partial charge is 0.342 e. The van der Waals surface area contributed by atoms with Crippen molar-refractivity contribution in [3.8, 4) is 0 Å². The molecule has 0 spiro atoms. The van der Waals surface area contributed by atoms with Crippen molar-refractivity contribution in [1.29, 1.82) is 0 Å². The Morgan fingerprint density at radius 1 is 1.23 bits per heavy atom. The van der Waals surface area contributed by atoms with E-state index >= 15 is 0 Å². The van der Waals surface area contributed by atoms with Crippen LogP contribution in [0.2, 0.25) is 0 Å². The highest BCUT2D eigenvalue weighted by molar-refractivity contribution is 5.99. The fraction of sp³-hybridized carbons (Fsp3) is 0.500. The SMILES string of the molecule is CC[C@H](C)[C@@H]1NC(=O)[C@H]2CN(C(=O)c3cc(F)cc(F)c3)CCN2C1=O. The van der Waals surface area contributed by atoms with Crippen LogP contribution in [0.25, 0.3) is 0 Å². The van der Waals surface area contributed by atoms with Crippen molar-refractivity contribution in [2.75, 3.05) is 19.6 Å². The van der Waals surface area contributed by atoms with E-state index in [0.717, 1.165) is 18.6 Å². The number of halogens is 2. The molecule has 1 N–H and O–H groups in total. The predicted molar refractivity (Wildman–Crippen MR) is 89.1 cm³/mol. The summed E-state index contributed by atoms with van der Waals surface area (Å²) >= 11 is 0. The third-order valence-corrected chi connectivity index (χ3v) is 5.14. The van der Waals surface area contributed by atoms with Crippen molar-refractivity contribution in [2.45, 2.75) is 32.4 Å². The van der Waals surface area contributed by atoms with Crippen LogP contribution in [0.3, 0.4) is 0 Å². The Morgan fingerprint density at radius 3 is 2.50 bits per heavy atom. The predicted octanol–water partition coefficient (Wildman–Crippen LogP) is 1.16. The third-order valence-electron chi connectivity index (χ3n) is 5.14. The van der Waals surface area contributed by atoms with Gasteiger partial charge in [-0.2, -0.15) is 0 Å². The molecule has 2 fully saturated rings. The number of amides is 3. The molecule has 1 aromatic carbocycles. The van der Waals surface area contributed by atoms with Crippen molar-refractivity contribution in [1.82, 2.24) is 15.1 Å². The number of fused-ring (bicyclic) bond motifs is 1. The van der Waals surface area contributed by atoms with Crippen molar-refractivity contribution in [2.24, 2.45) is 5.92 Å². The summed E-state index contributed by atoms with van der Waals surface area (Å²) in [5.74, 6) is -2.68. The number of nitrogens with one attached hydrogen (secondary N) is 1. The van der Waals surface area contributed by atoms with Gasteiger partial charge in [0.2, 0.25) is 11.8 Å². The Hall–Kier alpha value is -2.51. The number of carbonyl (C=O) groups is 3. The van der Waals surface area contributed by atoms with E-state index in [-0.39, 0.29) is 42.9 Å². The van der Waals surface area contributed by atoms with Crippen molar-refractivity contribution < 1.29 is 23.2 Å². The molecule has 2 saturated heterocycles. The molecule has 2 heterocycles. The van der Waals surface area contributed by atoms with E-state index in [1.165, 1.54) is 9.80 Å². The van der Waals surface area contributed by atoms with Gasteiger partial charge in [0.1, 0.15) is 23.7 Å². The maximum atomic E-state index is 13.4. The molecule has 8 heteroatoms. The van der Waals surface area contributed by atoms with Crippen LogP contribution in [0, 0.1) is 17.6 Å². The maximum Gasteiger partial charge on any atom is 0.254 e. The van der Waals surface area contributed by atoms with Gasteiger partial charge in [-0.3, -0.25) is 14.4 Å². The minimum atomic E-state index is -0.839. The summed E-state index contributed by atoms with van der Waals surface area (Å²) < 4.78 is 26.7. The average Bonchev–Trinajstić information content (AvgIpc) is 2.62. The highest BCUT2D eigenvalue weighted by Crippen LogP contribution is 2.22. The lowest BCUT2D eigenvalue weighted by atomic mass is 9.93. The molecule has 3 atom stereocenters. The second kappa shape index (κ2) is 7.01. The van der Waals surface area contributed by atoms with Crippen LogP contribution >= 0.6 is 0 Å². The molecule has 140 valence electrons. The molecule has 26 heavy (non-hydrogen) atoms. The smallest absolute Gasteiger partial charge is 0.254 e. The summed E-state index contributed by atoms with van der Waals surface area (Å²) in [5.41, 5.74) is -0.115. The molecule has 0 radical (unpaired) electrons. The minimum absolute atomic E-state index is 0.00175. The Balaban J connectivity index is 1.76. The van der Waals surface area contributed by atoms with Gasteiger partial charge in [-0.1, -0.05) is 20.3 Å². The first-order chi connectivity index (χ1) is 12.3. The number of rotatable bonds is 3. The standard InChI is InChI=1S/C18H21F2N3O3/c1-3-10(2)15-18(26)23-5-4-22(9-14(23)16(24)21-15)17(25)11-6-12(19)8-13(20)7-11/h6-8,10,14-15H,3-5,9H2,1-2H3,(H,21,24)/t10-,14+,15-/m0/s1. The molecule has 3 rings (SSSR count). The Bertz CT molecular complexity index is 735. The lowest BCUT2D eigenvalue weighted by molar-refractivity contribution is -0.153. The van der Waals surface area contributed by atoms with Gasteiger partial charge in [-0.25, -0.2) is 8.78 Å². The molecule has 2 aliphatic rings. The number of nitrogens with zero attached hydrogens (tertiary/aromatic N) is 2. The molecule has 0 unspecified atom stereocenters. The molecule has 3 amide bonds. The fourth-order valence-electron chi connectivity index (χ4n) is 3.43. The summed E-state index contributed by atoms with van der Waals surface area (Å²) in [6, 6.07) is 1.28. The van der Waals surface area contributed by atoms with Gasteiger partial charge in [0.25, 0.3) is 5.91 Å². The lowest BCUT2D eigenvalue weighted by Gasteiger charge is -2.46. The Kier molecular flexibility index (Phi) is 4.93. The number of hydrogen-bond acceptors (Lipinski definition) is 3. The van der Waals surface area contributed by atoms with E-state index < -0.39 is 29.6 Å². The van der Waals surface area contributed by atoms with Crippen LogP contribution < -0.4 is 5.32 Å². The van der Waals surface area contributed by atoms with Gasteiger partial charge in [-0.15, -0.1) is 0 Å². The van der Waals surface area contributed by atoms with Crippen LogP contribution in [-0.4, -0.2) is 59.2 Å². The van der Waals surface area contributed by atoms with Crippen LogP contribution in [0.5, 0.6) is 0 Å². The quantitative estimate of drug-likeness (QED) is 0.874. The number of piperazine rings is 2. The van der Waals surface area contributed by atoms with Gasteiger partial charge in [0.05, 0.1) is 6.54 Å². The summed E-state index contributed by atoms with van der Waals surface area (Å²) in [6.45, 7) is 4.28. The minimum Gasteiger partial charge on any atom is -0.342 e. The molecule has 2 aliphatic heterocycles. The molecule has 1 aromatic rings. The van der Waals surface area contributed by atoms with E-state index in [1.54, 1.807) is 0 Å². The summed E-state index contributed by atoms with van der Waals surface area (Å²) in [7, 11) is 0. The zero-order valence-electron chi connectivity index (χ0n) is 14.7. The summed E-state index contributed by atoms with van der Waals surface area (Å²) in [4.78, 5) is 40.5. The van der Waals surface area contributed by atoms with Crippen LogP contribution in [0.1, 0.15) is 30.6 Å². The van der Waals surface area contributed by atoms with Crippen molar-refractivity contribution in [3.63, 3.8) is 0 Å². The number of hydrogen-bond donors (Lipinski definition) is 1. The van der Waals surface area contributed by atoms with E-state index in [2.05, 4.69) is 5.32 Å². The highest BCUT2D eigenvalue weighted by atomic mass is 19.1. The first-order valence-corrected chi connectivity index (χ1v) is 8.68. The monoisotopic (exact) mass is 365 g/mol. The molecule has 0 aliphatic carbocycles. The van der Waals surface area contributed by atoms with Crippen molar-refractivity contribution in [3.05, 3.63) is 35.4 Å². The van der Waals surface area contributed by atoms with Gasteiger partial charge < -0.3 is 15.1 Å². The Labute approximate surface area is 150 Å². The lowest BCUT2D eigenvalue weighted by Crippen LogP contribution is -2.70. The summed E-state index contributed by atoms with van der Waals surface area (Å²) in [6.07, 6.45) is 0.755. The van der Waals surface area contributed by atoms with E-state index in [1.807, 2.05) is 13.8 Å². The van der Waals surface area contributed by atoms with E-state index in [4.69, 9.17) is 0 Å². The molecular weight excluding hydrogens is 344 g/mol. The second-order valence-electron chi connectivity index (χ2n) is 6.83. The topological polar surface area (TPSA) is 69.7 Å². The fourth-order valence-corrected chi connectivity index (χ4v) is 3.43. The first kappa shape index (κ1) is 18.3. The zero-order valence-corrected chi connectivity index (χ0v) is 14.7. The van der Waals surface area contributed by atoms with Crippen LogP contribution in [0.4, 0.5) is 8.78 Å². The number of carbonyl (C=O) groups excluding carboxylic acids is 3. The normalized spacial score (nSPS) is 24.2. The van der Waals surface area contributed by atoms with Gasteiger partial charge in [-0.05, 0) is 18.1 Å². The van der Waals surface area contributed by atoms with Crippen LogP contribution in [-0.2, 0) is 9.59 Å². The van der Waals surface area contributed by atoms with Gasteiger partial charge in [0.15, 0.2) is 0 Å². The van der Waals surface area contributed by atoms with Gasteiger partial charge in [0, 0.05) is 24.7 Å².